The Morgan fingerprint density at radius 2 is 2.31 bits per heavy atom. The van der Waals surface area contributed by atoms with Crippen LogP contribution in [0, 0.1) is 0 Å². The zero-order valence-corrected chi connectivity index (χ0v) is 11.8. The van der Waals surface area contributed by atoms with Gasteiger partial charge in [0.2, 0.25) is 0 Å². The molecule has 0 aliphatic rings. The summed E-state index contributed by atoms with van der Waals surface area (Å²) in [6, 6.07) is 5.89. The second-order valence-corrected chi connectivity index (χ2v) is 5.87. The molecule has 0 spiro atoms. The minimum atomic E-state index is 0.0619. The molecule has 0 saturated heterocycles. The normalized spacial score (nSPS) is 12.9. The van der Waals surface area contributed by atoms with Crippen molar-refractivity contribution in [1.82, 2.24) is 5.32 Å². The lowest BCUT2D eigenvalue weighted by atomic mass is 10.2. The Balaban J connectivity index is 2.34. The van der Waals surface area contributed by atoms with E-state index in [2.05, 4.69) is 28.2 Å². The summed E-state index contributed by atoms with van der Waals surface area (Å²) in [5.41, 5.74) is 0. The molecular formula is C11H11BrClNOS. The molecule has 0 bridgehead atoms. The third kappa shape index (κ3) is 2.51. The Morgan fingerprint density at radius 3 is 2.81 bits per heavy atom. The predicted octanol–water partition coefficient (Wildman–Crippen LogP) is 4.46. The summed E-state index contributed by atoms with van der Waals surface area (Å²) in [5.74, 6) is 0.889. The molecule has 2 nitrogen and oxygen atoms in total. The van der Waals surface area contributed by atoms with Gasteiger partial charge >= 0.3 is 0 Å². The molecule has 2 aromatic heterocycles. The van der Waals surface area contributed by atoms with E-state index in [4.69, 9.17) is 16.0 Å². The average molecular weight is 321 g/mol. The van der Waals surface area contributed by atoms with E-state index in [0.29, 0.717) is 0 Å². The highest BCUT2D eigenvalue weighted by Gasteiger charge is 2.20. The van der Waals surface area contributed by atoms with Gasteiger partial charge in [-0.25, -0.2) is 0 Å². The minimum absolute atomic E-state index is 0.0619. The summed E-state index contributed by atoms with van der Waals surface area (Å²) in [6.45, 7) is 2.94. The maximum absolute atomic E-state index is 5.95. The van der Waals surface area contributed by atoms with Gasteiger partial charge in [-0.05, 0) is 40.7 Å². The van der Waals surface area contributed by atoms with Crippen LogP contribution in [0.25, 0.3) is 0 Å². The van der Waals surface area contributed by atoms with Crippen molar-refractivity contribution < 1.29 is 4.42 Å². The van der Waals surface area contributed by atoms with Gasteiger partial charge in [0.25, 0.3) is 0 Å². The van der Waals surface area contributed by atoms with Crippen LogP contribution in [0.15, 0.2) is 33.4 Å². The fraction of sp³-hybridized carbons (Fsp3) is 0.273. The molecular weight excluding hydrogens is 310 g/mol. The van der Waals surface area contributed by atoms with Crippen LogP contribution < -0.4 is 5.32 Å². The molecule has 0 aromatic carbocycles. The number of furan rings is 1. The van der Waals surface area contributed by atoms with Crippen LogP contribution in [0.3, 0.4) is 0 Å². The molecule has 0 fully saturated rings. The Morgan fingerprint density at radius 1 is 1.50 bits per heavy atom. The predicted molar refractivity (Wildman–Crippen MR) is 71.3 cm³/mol. The van der Waals surface area contributed by atoms with Gasteiger partial charge in [0.05, 0.1) is 15.1 Å². The van der Waals surface area contributed by atoms with E-state index in [0.717, 1.165) is 26.0 Å². The lowest BCUT2D eigenvalue weighted by Gasteiger charge is -2.14. The van der Waals surface area contributed by atoms with Crippen LogP contribution in [0.4, 0.5) is 0 Å². The molecule has 5 heteroatoms. The summed E-state index contributed by atoms with van der Waals surface area (Å²) >= 11 is 11.0. The number of nitrogens with one attached hydrogen (secondary N) is 1. The molecule has 2 heterocycles. The summed E-state index contributed by atoms with van der Waals surface area (Å²) in [6.07, 6.45) is 1.68. The number of hydrogen-bond acceptors (Lipinski definition) is 3. The monoisotopic (exact) mass is 319 g/mol. The number of halogens is 2. The first-order valence-corrected chi connectivity index (χ1v) is 6.92. The van der Waals surface area contributed by atoms with Gasteiger partial charge in [0.1, 0.15) is 11.8 Å². The van der Waals surface area contributed by atoms with Crippen LogP contribution in [-0.2, 0) is 0 Å². The summed E-state index contributed by atoms with van der Waals surface area (Å²) in [7, 11) is 0. The minimum Gasteiger partial charge on any atom is -0.466 e. The van der Waals surface area contributed by atoms with Crippen molar-refractivity contribution in [3.8, 4) is 0 Å². The maximum atomic E-state index is 5.95. The molecule has 2 aromatic rings. The van der Waals surface area contributed by atoms with Gasteiger partial charge < -0.3 is 9.73 Å². The van der Waals surface area contributed by atoms with Gasteiger partial charge in [-0.15, -0.1) is 11.3 Å². The smallest absolute Gasteiger partial charge is 0.140 e. The van der Waals surface area contributed by atoms with Crippen molar-refractivity contribution in [1.29, 1.82) is 0 Å². The third-order valence-electron chi connectivity index (χ3n) is 2.19. The van der Waals surface area contributed by atoms with Crippen LogP contribution in [0.2, 0.25) is 4.34 Å². The lowest BCUT2D eigenvalue weighted by Crippen LogP contribution is -2.20. The van der Waals surface area contributed by atoms with Crippen molar-refractivity contribution in [3.63, 3.8) is 0 Å². The van der Waals surface area contributed by atoms with Crippen LogP contribution in [0.1, 0.15) is 23.6 Å². The van der Waals surface area contributed by atoms with E-state index in [1.165, 1.54) is 0 Å². The van der Waals surface area contributed by atoms with Gasteiger partial charge in [-0.3, -0.25) is 0 Å². The molecule has 0 amide bonds. The summed E-state index contributed by atoms with van der Waals surface area (Å²) in [5, 5.41) is 3.38. The molecule has 0 aliphatic carbocycles. The second kappa shape index (κ2) is 5.36. The molecule has 1 N–H and O–H groups in total. The van der Waals surface area contributed by atoms with Gasteiger partial charge in [0.15, 0.2) is 0 Å². The fourth-order valence-electron chi connectivity index (χ4n) is 1.52. The average Bonchev–Trinajstić information content (AvgIpc) is 2.84. The zero-order valence-electron chi connectivity index (χ0n) is 8.67. The molecule has 1 unspecified atom stereocenters. The molecule has 1 atom stereocenters. The van der Waals surface area contributed by atoms with E-state index < -0.39 is 0 Å². The Bertz CT molecular complexity index is 468. The van der Waals surface area contributed by atoms with Crippen LogP contribution >= 0.6 is 38.9 Å². The van der Waals surface area contributed by atoms with E-state index in [-0.39, 0.29) is 6.04 Å². The highest BCUT2D eigenvalue weighted by molar-refractivity contribution is 9.10. The van der Waals surface area contributed by atoms with Crippen molar-refractivity contribution in [3.05, 3.63) is 43.9 Å². The first-order chi connectivity index (χ1) is 7.72. The van der Waals surface area contributed by atoms with Crippen LogP contribution in [-0.4, -0.2) is 6.54 Å². The Labute approximate surface area is 112 Å². The fourth-order valence-corrected chi connectivity index (χ4v) is 3.09. The highest BCUT2D eigenvalue weighted by Crippen LogP contribution is 2.34. The van der Waals surface area contributed by atoms with E-state index in [9.17, 15) is 0 Å². The van der Waals surface area contributed by atoms with Crippen molar-refractivity contribution in [2.24, 2.45) is 0 Å². The van der Waals surface area contributed by atoms with E-state index in [1.807, 2.05) is 18.2 Å². The Hall–Kier alpha value is -0.290. The number of rotatable bonds is 4. The molecule has 2 rings (SSSR count). The third-order valence-corrected chi connectivity index (χ3v) is 4.14. The van der Waals surface area contributed by atoms with Crippen molar-refractivity contribution in [2.75, 3.05) is 6.54 Å². The first-order valence-electron chi connectivity index (χ1n) is 4.94. The quantitative estimate of drug-likeness (QED) is 0.900. The molecule has 0 aliphatic heterocycles. The topological polar surface area (TPSA) is 25.2 Å². The van der Waals surface area contributed by atoms with E-state index >= 15 is 0 Å². The molecule has 0 radical (unpaired) electrons. The molecule has 86 valence electrons. The largest absolute Gasteiger partial charge is 0.466 e. The van der Waals surface area contributed by atoms with Gasteiger partial charge in [-0.1, -0.05) is 18.5 Å². The molecule has 0 saturated carbocycles. The van der Waals surface area contributed by atoms with Gasteiger partial charge in [0, 0.05) is 4.88 Å². The number of thiophene rings is 1. The maximum Gasteiger partial charge on any atom is 0.140 e. The van der Waals surface area contributed by atoms with Crippen molar-refractivity contribution >= 4 is 38.9 Å². The standard InChI is InChI=1S/C11H11BrClNOS/c1-2-14-10(8-3-4-9(13)16-8)11-7(12)5-6-15-11/h3-6,10,14H,2H2,1H3. The SMILES string of the molecule is CCNC(c1ccc(Cl)s1)c1occc1Br. The number of hydrogen-bond donors (Lipinski definition) is 1. The lowest BCUT2D eigenvalue weighted by molar-refractivity contribution is 0.453. The summed E-state index contributed by atoms with van der Waals surface area (Å²) < 4.78 is 7.26. The second-order valence-electron chi connectivity index (χ2n) is 3.27. The molecule has 16 heavy (non-hydrogen) atoms. The van der Waals surface area contributed by atoms with Crippen LogP contribution in [0.5, 0.6) is 0 Å². The highest BCUT2D eigenvalue weighted by atomic mass is 79.9. The summed E-state index contributed by atoms with van der Waals surface area (Å²) in [4.78, 5) is 1.16. The van der Waals surface area contributed by atoms with E-state index in [1.54, 1.807) is 17.6 Å². The van der Waals surface area contributed by atoms with Gasteiger partial charge in [-0.2, -0.15) is 0 Å². The van der Waals surface area contributed by atoms with Crippen molar-refractivity contribution in [2.45, 2.75) is 13.0 Å². The zero-order chi connectivity index (χ0) is 11.5. The first kappa shape index (κ1) is 12.2. The Kier molecular flexibility index (Phi) is 4.08.